The minimum absolute atomic E-state index is 0.0418. The molecule has 0 N–H and O–H groups in total. The maximum absolute atomic E-state index is 12.9. The average Bonchev–Trinajstić information content (AvgIpc) is 2.93. The number of halogens is 1. The molecule has 0 fully saturated rings. The summed E-state index contributed by atoms with van der Waals surface area (Å²) >= 11 is 3.73. The Bertz CT molecular complexity index is 1070. The van der Waals surface area contributed by atoms with E-state index >= 15 is 0 Å². The van der Waals surface area contributed by atoms with E-state index in [4.69, 9.17) is 0 Å². The second kappa shape index (κ2) is 7.63. The molecule has 4 rings (SSSR count). The molecule has 1 aliphatic rings. The van der Waals surface area contributed by atoms with Gasteiger partial charge in [-0.25, -0.2) is 0 Å². The minimum Gasteiger partial charge on any atom is -0.294 e. The number of benzene rings is 2. The molecule has 0 radical (unpaired) electrons. The number of ketones is 1. The van der Waals surface area contributed by atoms with Gasteiger partial charge in [0.15, 0.2) is 24.7 Å². The standard InChI is InChI=1S/C25H25BrNO/c1-16-5-4-6-19(9-16)14-27-8-7-20(24(26)15-27)12-22-13-21-10-17(2)18(3)11-23(21)25(22)28/h4-11,15,22H,12-14H2,1-3H3/q+1. The van der Waals surface area contributed by atoms with Gasteiger partial charge in [-0.15, -0.1) is 0 Å². The van der Waals surface area contributed by atoms with Crippen molar-refractivity contribution in [2.24, 2.45) is 5.92 Å². The van der Waals surface area contributed by atoms with Crippen LogP contribution >= 0.6 is 15.9 Å². The Labute approximate surface area is 175 Å². The van der Waals surface area contributed by atoms with Gasteiger partial charge in [0.25, 0.3) is 0 Å². The van der Waals surface area contributed by atoms with E-state index in [2.05, 4.69) is 96.1 Å². The quantitative estimate of drug-likeness (QED) is 0.509. The highest BCUT2D eigenvalue weighted by atomic mass is 79.9. The fraction of sp³-hybridized carbons (Fsp3) is 0.280. The normalized spacial score (nSPS) is 15.7. The summed E-state index contributed by atoms with van der Waals surface area (Å²) in [6.07, 6.45) is 5.86. The number of aryl methyl sites for hydroxylation is 3. The summed E-state index contributed by atoms with van der Waals surface area (Å²) in [5.74, 6) is 0.335. The molecule has 0 bridgehead atoms. The van der Waals surface area contributed by atoms with Crippen molar-refractivity contribution in [3.05, 3.63) is 98.3 Å². The number of hydrogen-bond donors (Lipinski definition) is 0. The highest BCUT2D eigenvalue weighted by molar-refractivity contribution is 9.10. The number of pyridine rings is 1. The summed E-state index contributed by atoms with van der Waals surface area (Å²) in [5, 5.41) is 0. The molecule has 3 aromatic rings. The second-order valence-corrected chi connectivity index (χ2v) is 8.90. The van der Waals surface area contributed by atoms with Crippen molar-refractivity contribution in [1.29, 1.82) is 0 Å². The van der Waals surface area contributed by atoms with Crippen LogP contribution in [0.25, 0.3) is 0 Å². The van der Waals surface area contributed by atoms with Crippen LogP contribution in [0.1, 0.15) is 43.7 Å². The first kappa shape index (κ1) is 19.1. The molecule has 3 heteroatoms. The molecule has 0 aliphatic heterocycles. The van der Waals surface area contributed by atoms with E-state index in [0.29, 0.717) is 5.78 Å². The fourth-order valence-corrected chi connectivity index (χ4v) is 4.66. The van der Waals surface area contributed by atoms with E-state index < -0.39 is 0 Å². The van der Waals surface area contributed by atoms with Gasteiger partial charge in [-0.3, -0.25) is 4.79 Å². The Morgan fingerprint density at radius 3 is 2.61 bits per heavy atom. The molecule has 0 amide bonds. The van der Waals surface area contributed by atoms with Gasteiger partial charge < -0.3 is 0 Å². The molecule has 1 heterocycles. The maximum atomic E-state index is 12.9. The summed E-state index contributed by atoms with van der Waals surface area (Å²) in [5.41, 5.74) is 8.36. The predicted molar refractivity (Wildman–Crippen MR) is 116 cm³/mol. The van der Waals surface area contributed by atoms with Gasteiger partial charge in [0.2, 0.25) is 0 Å². The molecule has 2 aromatic carbocycles. The summed E-state index contributed by atoms with van der Waals surface area (Å²) in [6.45, 7) is 7.16. The van der Waals surface area contributed by atoms with E-state index in [9.17, 15) is 4.79 Å². The van der Waals surface area contributed by atoms with Crippen LogP contribution in [0.2, 0.25) is 0 Å². The molecule has 1 atom stereocenters. The van der Waals surface area contributed by atoms with E-state index in [1.165, 1.54) is 33.4 Å². The minimum atomic E-state index is 0.0418. The lowest BCUT2D eigenvalue weighted by molar-refractivity contribution is -0.689. The lowest BCUT2D eigenvalue weighted by Crippen LogP contribution is -2.33. The molecule has 1 aliphatic carbocycles. The first-order valence-corrected chi connectivity index (χ1v) is 10.6. The molecule has 0 saturated carbocycles. The Morgan fingerprint density at radius 1 is 1.07 bits per heavy atom. The Kier molecular flexibility index (Phi) is 5.20. The highest BCUT2D eigenvalue weighted by Crippen LogP contribution is 2.32. The van der Waals surface area contributed by atoms with E-state index in [-0.39, 0.29) is 5.92 Å². The number of Topliss-reactive ketones (excluding diaryl/α,β-unsaturated/α-hetero) is 1. The van der Waals surface area contributed by atoms with Gasteiger partial charge in [-0.05, 0) is 83.9 Å². The third-order valence-electron chi connectivity index (χ3n) is 5.79. The first-order valence-electron chi connectivity index (χ1n) is 9.78. The van der Waals surface area contributed by atoms with Gasteiger partial charge in [-0.2, -0.15) is 4.57 Å². The zero-order chi connectivity index (χ0) is 19.8. The van der Waals surface area contributed by atoms with Crippen LogP contribution in [0.5, 0.6) is 0 Å². The molecule has 0 saturated heterocycles. The molecule has 1 unspecified atom stereocenters. The molecule has 0 spiro atoms. The number of rotatable bonds is 4. The van der Waals surface area contributed by atoms with Gasteiger partial charge >= 0.3 is 0 Å². The second-order valence-electron chi connectivity index (χ2n) is 8.04. The average molecular weight is 435 g/mol. The molecule has 142 valence electrons. The zero-order valence-electron chi connectivity index (χ0n) is 16.6. The van der Waals surface area contributed by atoms with Crippen LogP contribution < -0.4 is 4.57 Å². The van der Waals surface area contributed by atoms with Crippen molar-refractivity contribution in [2.75, 3.05) is 0 Å². The van der Waals surface area contributed by atoms with Crippen molar-refractivity contribution < 1.29 is 9.36 Å². The summed E-state index contributed by atoms with van der Waals surface area (Å²) in [7, 11) is 0. The number of carbonyl (C=O) groups is 1. The Balaban J connectivity index is 1.51. The third-order valence-corrected chi connectivity index (χ3v) is 6.50. The smallest absolute Gasteiger partial charge is 0.183 e. The van der Waals surface area contributed by atoms with Crippen molar-refractivity contribution in [2.45, 2.75) is 40.2 Å². The largest absolute Gasteiger partial charge is 0.294 e. The lowest BCUT2D eigenvalue weighted by Gasteiger charge is -2.09. The molecule has 2 nitrogen and oxygen atoms in total. The van der Waals surface area contributed by atoms with Crippen molar-refractivity contribution in [1.82, 2.24) is 0 Å². The SMILES string of the molecule is Cc1cccc(C[n+]2ccc(CC3Cc4cc(C)c(C)cc4C3=O)c(Br)c2)c1. The van der Waals surface area contributed by atoms with Gasteiger partial charge in [0.1, 0.15) is 0 Å². The number of aromatic nitrogens is 1. The van der Waals surface area contributed by atoms with E-state index in [1.54, 1.807) is 0 Å². The summed E-state index contributed by atoms with van der Waals surface area (Å²) in [4.78, 5) is 12.9. The topological polar surface area (TPSA) is 20.9 Å². The first-order chi connectivity index (χ1) is 13.4. The van der Waals surface area contributed by atoms with Crippen LogP contribution in [0.4, 0.5) is 0 Å². The fourth-order valence-electron chi connectivity index (χ4n) is 4.10. The third kappa shape index (κ3) is 3.81. The van der Waals surface area contributed by atoms with Gasteiger partial charge in [0, 0.05) is 23.1 Å². The van der Waals surface area contributed by atoms with Crippen LogP contribution in [0.15, 0.2) is 59.3 Å². The predicted octanol–water partition coefficient (Wildman–Crippen LogP) is 5.31. The summed E-state index contributed by atoms with van der Waals surface area (Å²) < 4.78 is 3.25. The maximum Gasteiger partial charge on any atom is 0.183 e. The Morgan fingerprint density at radius 2 is 1.86 bits per heavy atom. The zero-order valence-corrected chi connectivity index (χ0v) is 18.2. The van der Waals surface area contributed by atoms with E-state index in [1.807, 2.05) is 0 Å². The van der Waals surface area contributed by atoms with E-state index in [0.717, 1.165) is 29.4 Å². The van der Waals surface area contributed by atoms with Crippen LogP contribution in [-0.2, 0) is 19.4 Å². The van der Waals surface area contributed by atoms with Crippen molar-refractivity contribution in [3.8, 4) is 0 Å². The van der Waals surface area contributed by atoms with Gasteiger partial charge in [-0.1, -0.05) is 29.8 Å². The van der Waals surface area contributed by atoms with Crippen LogP contribution in [0.3, 0.4) is 0 Å². The van der Waals surface area contributed by atoms with Crippen molar-refractivity contribution in [3.63, 3.8) is 0 Å². The van der Waals surface area contributed by atoms with Gasteiger partial charge in [0.05, 0.1) is 4.47 Å². The lowest BCUT2D eigenvalue weighted by atomic mass is 9.96. The van der Waals surface area contributed by atoms with Crippen LogP contribution in [0, 0.1) is 26.7 Å². The summed E-state index contributed by atoms with van der Waals surface area (Å²) in [6, 6.07) is 15.0. The number of carbonyl (C=O) groups excluding carboxylic acids is 1. The molecular formula is C25H25BrNO+. The van der Waals surface area contributed by atoms with Crippen LogP contribution in [-0.4, -0.2) is 5.78 Å². The molecular weight excluding hydrogens is 410 g/mol. The van der Waals surface area contributed by atoms with Crippen molar-refractivity contribution >= 4 is 21.7 Å². The Hall–Kier alpha value is -2.26. The molecule has 28 heavy (non-hydrogen) atoms. The molecule has 1 aromatic heterocycles. The number of hydrogen-bond acceptors (Lipinski definition) is 1. The number of fused-ring (bicyclic) bond motifs is 1. The monoisotopic (exact) mass is 434 g/mol. The highest BCUT2D eigenvalue weighted by Gasteiger charge is 2.31. The number of nitrogens with zero attached hydrogens (tertiary/aromatic N) is 1.